The highest BCUT2D eigenvalue weighted by Crippen LogP contribution is 2.22. The van der Waals surface area contributed by atoms with E-state index in [1.54, 1.807) is 22.7 Å². The zero-order chi connectivity index (χ0) is 18.2. The molecule has 0 saturated heterocycles. The molecule has 0 aliphatic heterocycles. The van der Waals surface area contributed by atoms with Gasteiger partial charge in [0.05, 0.1) is 23.3 Å². The summed E-state index contributed by atoms with van der Waals surface area (Å²) >= 11 is 3.49. The second-order valence-corrected chi connectivity index (χ2v) is 7.91. The predicted molar refractivity (Wildman–Crippen MR) is 110 cm³/mol. The third kappa shape index (κ3) is 5.52. The molecule has 2 N–H and O–H groups in total. The van der Waals surface area contributed by atoms with E-state index < -0.39 is 0 Å². The quantitative estimate of drug-likeness (QED) is 0.544. The van der Waals surface area contributed by atoms with Crippen molar-refractivity contribution >= 4 is 28.6 Å². The standard InChI is InChI=1S/C18H29N5S2/c1-6-23(7-2)16(15-8-9-24-12-15)10-20-18(19-5)21-11-17-13(3)22-14(4)25-17/h8-9,12,16H,6-7,10-11H2,1-5H3,(H2,19,20,21). The van der Waals surface area contributed by atoms with Crippen LogP contribution in [0, 0.1) is 13.8 Å². The summed E-state index contributed by atoms with van der Waals surface area (Å²) in [6.07, 6.45) is 0. The van der Waals surface area contributed by atoms with Crippen LogP contribution in [0.15, 0.2) is 21.8 Å². The number of guanidine groups is 1. The Hall–Kier alpha value is -1.44. The molecule has 7 heteroatoms. The number of likely N-dealkylation sites (N-methyl/N-ethyl adjacent to an activating group) is 1. The van der Waals surface area contributed by atoms with Crippen molar-refractivity contribution in [2.75, 3.05) is 26.7 Å². The third-order valence-corrected chi connectivity index (χ3v) is 6.06. The lowest BCUT2D eigenvalue weighted by Gasteiger charge is -2.30. The molecular weight excluding hydrogens is 350 g/mol. The number of hydrogen-bond donors (Lipinski definition) is 2. The molecule has 1 unspecified atom stereocenters. The third-order valence-electron chi connectivity index (χ3n) is 4.28. The van der Waals surface area contributed by atoms with Crippen molar-refractivity contribution in [1.29, 1.82) is 0 Å². The summed E-state index contributed by atoms with van der Waals surface area (Å²) in [6.45, 7) is 12.2. The Morgan fingerprint density at radius 2 is 2.04 bits per heavy atom. The fourth-order valence-electron chi connectivity index (χ4n) is 2.90. The van der Waals surface area contributed by atoms with Crippen LogP contribution in [-0.4, -0.2) is 42.5 Å². The van der Waals surface area contributed by atoms with Gasteiger partial charge in [0.1, 0.15) is 0 Å². The van der Waals surface area contributed by atoms with Crippen molar-refractivity contribution < 1.29 is 0 Å². The van der Waals surface area contributed by atoms with Gasteiger partial charge in [-0.2, -0.15) is 11.3 Å². The van der Waals surface area contributed by atoms with Crippen molar-refractivity contribution in [2.45, 2.75) is 40.3 Å². The van der Waals surface area contributed by atoms with Crippen LogP contribution in [0.25, 0.3) is 0 Å². The molecule has 2 aromatic heterocycles. The molecule has 0 radical (unpaired) electrons. The first kappa shape index (κ1) is 19.9. The molecule has 0 saturated carbocycles. The molecule has 5 nitrogen and oxygen atoms in total. The minimum Gasteiger partial charge on any atom is -0.354 e. The number of rotatable bonds is 8. The normalized spacial score (nSPS) is 13.3. The van der Waals surface area contributed by atoms with Gasteiger partial charge >= 0.3 is 0 Å². The average molecular weight is 380 g/mol. The van der Waals surface area contributed by atoms with Crippen molar-refractivity contribution in [3.63, 3.8) is 0 Å². The fraction of sp³-hybridized carbons (Fsp3) is 0.556. The van der Waals surface area contributed by atoms with Crippen LogP contribution in [0.3, 0.4) is 0 Å². The molecule has 0 bridgehead atoms. The molecule has 1 atom stereocenters. The van der Waals surface area contributed by atoms with Crippen molar-refractivity contribution in [1.82, 2.24) is 20.5 Å². The predicted octanol–water partition coefficient (Wildman–Crippen LogP) is 3.57. The number of nitrogens with zero attached hydrogens (tertiary/aromatic N) is 3. The molecular formula is C18H29N5S2. The highest BCUT2D eigenvalue weighted by atomic mass is 32.1. The molecule has 0 aliphatic rings. The smallest absolute Gasteiger partial charge is 0.191 e. The van der Waals surface area contributed by atoms with Crippen molar-refractivity contribution in [2.24, 2.45) is 4.99 Å². The minimum absolute atomic E-state index is 0.354. The van der Waals surface area contributed by atoms with Gasteiger partial charge < -0.3 is 10.6 Å². The van der Waals surface area contributed by atoms with E-state index in [-0.39, 0.29) is 0 Å². The topological polar surface area (TPSA) is 52.5 Å². The summed E-state index contributed by atoms with van der Waals surface area (Å²) in [6, 6.07) is 2.57. The molecule has 138 valence electrons. The van der Waals surface area contributed by atoms with Gasteiger partial charge in [0, 0.05) is 18.5 Å². The van der Waals surface area contributed by atoms with E-state index in [4.69, 9.17) is 0 Å². The Labute approximate surface area is 159 Å². The number of thiazole rings is 1. The van der Waals surface area contributed by atoms with Crippen molar-refractivity contribution in [3.05, 3.63) is 38.0 Å². The van der Waals surface area contributed by atoms with Gasteiger partial charge in [-0.1, -0.05) is 13.8 Å². The summed E-state index contributed by atoms with van der Waals surface area (Å²) in [4.78, 5) is 12.6. The van der Waals surface area contributed by atoms with Gasteiger partial charge in [0.15, 0.2) is 5.96 Å². The minimum atomic E-state index is 0.354. The second kappa shape index (κ2) is 9.89. The van der Waals surface area contributed by atoms with E-state index in [0.717, 1.165) is 42.8 Å². The number of nitrogens with one attached hydrogen (secondary N) is 2. The molecule has 0 fully saturated rings. The Bertz CT molecular complexity index is 659. The number of aryl methyl sites for hydroxylation is 2. The first-order chi connectivity index (χ1) is 12.1. The van der Waals surface area contributed by atoms with Crippen LogP contribution in [0.4, 0.5) is 0 Å². The zero-order valence-electron chi connectivity index (χ0n) is 15.8. The number of thiophene rings is 1. The van der Waals surface area contributed by atoms with Gasteiger partial charge in [-0.15, -0.1) is 11.3 Å². The Morgan fingerprint density at radius 3 is 2.56 bits per heavy atom. The van der Waals surface area contributed by atoms with E-state index in [1.807, 2.05) is 14.0 Å². The van der Waals surface area contributed by atoms with E-state index in [2.05, 4.69) is 63.1 Å². The molecule has 0 spiro atoms. The maximum atomic E-state index is 4.48. The highest BCUT2D eigenvalue weighted by Gasteiger charge is 2.18. The summed E-state index contributed by atoms with van der Waals surface area (Å²) in [5.41, 5.74) is 2.47. The molecule has 0 aliphatic carbocycles. The Kier molecular flexibility index (Phi) is 7.87. The molecule has 0 aromatic carbocycles. The second-order valence-electron chi connectivity index (χ2n) is 5.84. The van der Waals surface area contributed by atoms with Crippen LogP contribution >= 0.6 is 22.7 Å². The van der Waals surface area contributed by atoms with Gasteiger partial charge in [-0.3, -0.25) is 9.89 Å². The largest absolute Gasteiger partial charge is 0.354 e. The summed E-state index contributed by atoms with van der Waals surface area (Å²) in [5, 5.41) is 12.4. The van der Waals surface area contributed by atoms with Crippen LogP contribution in [-0.2, 0) is 6.54 Å². The van der Waals surface area contributed by atoms with E-state index >= 15 is 0 Å². The van der Waals surface area contributed by atoms with Crippen molar-refractivity contribution in [3.8, 4) is 0 Å². The van der Waals surface area contributed by atoms with E-state index in [1.165, 1.54) is 10.4 Å². The SMILES string of the molecule is CCN(CC)C(CNC(=NC)NCc1sc(C)nc1C)c1ccsc1. The summed E-state index contributed by atoms with van der Waals surface area (Å²) < 4.78 is 0. The average Bonchev–Trinajstić information content (AvgIpc) is 3.23. The lowest BCUT2D eigenvalue weighted by molar-refractivity contribution is 0.219. The summed E-state index contributed by atoms with van der Waals surface area (Å²) in [7, 11) is 1.82. The maximum absolute atomic E-state index is 4.48. The van der Waals surface area contributed by atoms with Crippen LogP contribution in [0.2, 0.25) is 0 Å². The number of aliphatic imine (C=N–C) groups is 1. The molecule has 2 heterocycles. The van der Waals surface area contributed by atoms with Crippen LogP contribution in [0.1, 0.15) is 41.0 Å². The first-order valence-corrected chi connectivity index (χ1v) is 10.5. The lowest BCUT2D eigenvalue weighted by Crippen LogP contribution is -2.42. The van der Waals surface area contributed by atoms with E-state index in [9.17, 15) is 0 Å². The first-order valence-electron chi connectivity index (χ1n) is 8.72. The van der Waals surface area contributed by atoms with Gasteiger partial charge in [0.25, 0.3) is 0 Å². The maximum Gasteiger partial charge on any atom is 0.191 e. The van der Waals surface area contributed by atoms with Crippen LogP contribution in [0.5, 0.6) is 0 Å². The zero-order valence-corrected chi connectivity index (χ0v) is 17.4. The Morgan fingerprint density at radius 1 is 1.28 bits per heavy atom. The lowest BCUT2D eigenvalue weighted by atomic mass is 10.1. The molecule has 2 aromatic rings. The van der Waals surface area contributed by atoms with Crippen LogP contribution < -0.4 is 10.6 Å². The number of aromatic nitrogens is 1. The van der Waals surface area contributed by atoms with Gasteiger partial charge in [-0.05, 0) is 49.3 Å². The Balaban J connectivity index is 1.96. The van der Waals surface area contributed by atoms with Gasteiger partial charge in [0.2, 0.25) is 0 Å². The van der Waals surface area contributed by atoms with E-state index in [0.29, 0.717) is 6.04 Å². The monoisotopic (exact) mass is 379 g/mol. The molecule has 0 amide bonds. The summed E-state index contributed by atoms with van der Waals surface area (Å²) in [5.74, 6) is 0.831. The van der Waals surface area contributed by atoms with Gasteiger partial charge in [-0.25, -0.2) is 4.98 Å². The number of hydrogen-bond acceptors (Lipinski definition) is 5. The molecule has 25 heavy (non-hydrogen) atoms. The highest BCUT2D eigenvalue weighted by molar-refractivity contribution is 7.11. The fourth-order valence-corrected chi connectivity index (χ4v) is 4.49. The molecule has 2 rings (SSSR count).